The van der Waals surface area contributed by atoms with Gasteiger partial charge in [-0.3, -0.25) is 0 Å². The number of rotatable bonds is 7. The highest BCUT2D eigenvalue weighted by atomic mass is 32.2. The van der Waals surface area contributed by atoms with Crippen molar-refractivity contribution in [1.29, 1.82) is 0 Å². The topological polar surface area (TPSA) is 0 Å². The van der Waals surface area contributed by atoms with Crippen LogP contribution in [0, 0.1) is 5.92 Å². The number of hydrogen-bond donors (Lipinski definition) is 1. The molecular formula is C14H22S2. The summed E-state index contributed by atoms with van der Waals surface area (Å²) in [5, 5.41) is 0. The monoisotopic (exact) mass is 254 g/mol. The lowest BCUT2D eigenvalue weighted by atomic mass is 10.0. The van der Waals surface area contributed by atoms with Crippen molar-refractivity contribution < 1.29 is 0 Å². The van der Waals surface area contributed by atoms with Gasteiger partial charge in [0.2, 0.25) is 0 Å². The highest BCUT2D eigenvalue weighted by Gasteiger charge is 2.10. The lowest BCUT2D eigenvalue weighted by Gasteiger charge is -2.15. The summed E-state index contributed by atoms with van der Waals surface area (Å²) in [6, 6.07) is 10.7. The van der Waals surface area contributed by atoms with Crippen molar-refractivity contribution in [2.45, 2.75) is 26.2 Å². The van der Waals surface area contributed by atoms with Gasteiger partial charge < -0.3 is 0 Å². The summed E-state index contributed by atoms with van der Waals surface area (Å²) in [4.78, 5) is 0. The summed E-state index contributed by atoms with van der Waals surface area (Å²) < 4.78 is 0. The van der Waals surface area contributed by atoms with Gasteiger partial charge in [-0.25, -0.2) is 0 Å². The Balaban J connectivity index is 2.38. The Morgan fingerprint density at radius 2 is 1.88 bits per heavy atom. The van der Waals surface area contributed by atoms with Gasteiger partial charge in [-0.2, -0.15) is 24.4 Å². The Kier molecular flexibility index (Phi) is 7.06. The van der Waals surface area contributed by atoms with E-state index in [4.69, 9.17) is 0 Å². The van der Waals surface area contributed by atoms with Crippen LogP contribution in [0.1, 0.15) is 31.7 Å². The van der Waals surface area contributed by atoms with E-state index < -0.39 is 0 Å². The average Bonchev–Trinajstić information content (AvgIpc) is 2.35. The molecule has 0 fully saturated rings. The fourth-order valence-electron chi connectivity index (χ4n) is 1.51. The molecule has 0 N–H and O–H groups in total. The zero-order chi connectivity index (χ0) is 11.8. The zero-order valence-corrected chi connectivity index (χ0v) is 11.9. The third-order valence-corrected chi connectivity index (χ3v) is 4.79. The molecule has 0 saturated heterocycles. The van der Waals surface area contributed by atoms with Gasteiger partial charge in [0.1, 0.15) is 0 Å². The van der Waals surface area contributed by atoms with Crippen LogP contribution in [0.2, 0.25) is 0 Å². The molecule has 2 heteroatoms. The van der Waals surface area contributed by atoms with E-state index in [1.54, 1.807) is 0 Å². The molecule has 2 unspecified atom stereocenters. The minimum Gasteiger partial charge on any atom is -0.179 e. The number of thiol groups is 1. The first-order valence-corrected chi connectivity index (χ1v) is 7.80. The molecule has 0 amide bonds. The second-order valence-electron chi connectivity index (χ2n) is 4.34. The summed E-state index contributed by atoms with van der Waals surface area (Å²) >= 11 is 6.53. The molecule has 0 heterocycles. The van der Waals surface area contributed by atoms with Crippen LogP contribution >= 0.6 is 24.4 Å². The van der Waals surface area contributed by atoms with Crippen molar-refractivity contribution in [3.63, 3.8) is 0 Å². The Morgan fingerprint density at radius 3 is 2.44 bits per heavy atom. The van der Waals surface area contributed by atoms with Crippen LogP contribution in [-0.4, -0.2) is 17.3 Å². The normalized spacial score (nSPS) is 14.7. The van der Waals surface area contributed by atoms with E-state index in [9.17, 15) is 0 Å². The highest BCUT2D eigenvalue weighted by molar-refractivity contribution is 7.99. The maximum Gasteiger partial charge on any atom is 0.00172 e. The van der Waals surface area contributed by atoms with E-state index in [0.29, 0.717) is 5.92 Å². The lowest BCUT2D eigenvalue weighted by Crippen LogP contribution is -2.06. The predicted molar refractivity (Wildman–Crippen MR) is 79.8 cm³/mol. The van der Waals surface area contributed by atoms with Gasteiger partial charge in [0.15, 0.2) is 0 Å². The molecule has 16 heavy (non-hydrogen) atoms. The molecule has 0 aromatic heterocycles. The zero-order valence-electron chi connectivity index (χ0n) is 10.2. The molecule has 0 radical (unpaired) electrons. The van der Waals surface area contributed by atoms with Crippen LogP contribution in [0.25, 0.3) is 0 Å². The summed E-state index contributed by atoms with van der Waals surface area (Å²) in [7, 11) is 0. The van der Waals surface area contributed by atoms with Crippen molar-refractivity contribution >= 4 is 24.4 Å². The van der Waals surface area contributed by atoms with Gasteiger partial charge in [-0.05, 0) is 23.0 Å². The molecule has 2 atom stereocenters. The Labute approximate surface area is 110 Å². The molecule has 0 spiro atoms. The van der Waals surface area contributed by atoms with Crippen LogP contribution in [0.5, 0.6) is 0 Å². The minimum atomic E-state index is 0.596. The largest absolute Gasteiger partial charge is 0.179 e. The van der Waals surface area contributed by atoms with E-state index >= 15 is 0 Å². The quantitative estimate of drug-likeness (QED) is 0.700. The van der Waals surface area contributed by atoms with Crippen LogP contribution in [0.4, 0.5) is 0 Å². The molecule has 90 valence electrons. The van der Waals surface area contributed by atoms with Gasteiger partial charge >= 0.3 is 0 Å². The van der Waals surface area contributed by atoms with Crippen LogP contribution in [-0.2, 0) is 0 Å². The predicted octanol–water partition coefficient (Wildman–Crippen LogP) is 4.48. The second-order valence-corrected chi connectivity index (χ2v) is 5.78. The third kappa shape index (κ3) is 4.84. The van der Waals surface area contributed by atoms with Crippen LogP contribution in [0.15, 0.2) is 30.3 Å². The third-order valence-electron chi connectivity index (χ3n) is 2.91. The van der Waals surface area contributed by atoms with Gasteiger partial charge in [-0.1, -0.05) is 50.6 Å². The SMILES string of the molecule is CCC(C)CSCC(CS)c1ccccc1. The second kappa shape index (κ2) is 8.08. The first-order chi connectivity index (χ1) is 7.77. The molecule has 1 aromatic rings. The molecule has 0 aliphatic carbocycles. The summed E-state index contributed by atoms with van der Waals surface area (Å²) in [6.45, 7) is 4.59. The van der Waals surface area contributed by atoms with E-state index in [0.717, 1.165) is 11.7 Å². The standard InChI is InChI=1S/C14H22S2/c1-3-12(2)10-16-11-14(9-15)13-7-5-4-6-8-13/h4-8,12,14-15H,3,9-11H2,1-2H3. The molecular weight excluding hydrogens is 232 g/mol. The van der Waals surface area contributed by atoms with Crippen molar-refractivity contribution in [1.82, 2.24) is 0 Å². The van der Waals surface area contributed by atoms with Gasteiger partial charge in [-0.15, -0.1) is 0 Å². The van der Waals surface area contributed by atoms with Gasteiger partial charge in [0.05, 0.1) is 0 Å². The molecule has 0 aliphatic rings. The Bertz CT molecular complexity index is 271. The van der Waals surface area contributed by atoms with E-state index in [2.05, 4.69) is 68.6 Å². The fourth-order valence-corrected chi connectivity index (χ4v) is 3.39. The van der Waals surface area contributed by atoms with Crippen LogP contribution < -0.4 is 0 Å². The van der Waals surface area contributed by atoms with Crippen molar-refractivity contribution in [2.75, 3.05) is 17.3 Å². The molecule has 0 nitrogen and oxygen atoms in total. The van der Waals surface area contributed by atoms with Crippen molar-refractivity contribution in [3.05, 3.63) is 35.9 Å². The average molecular weight is 254 g/mol. The molecule has 0 saturated carbocycles. The highest BCUT2D eigenvalue weighted by Crippen LogP contribution is 2.23. The molecule has 0 aliphatic heterocycles. The smallest absolute Gasteiger partial charge is 0.00172 e. The van der Waals surface area contributed by atoms with Crippen molar-refractivity contribution in [2.24, 2.45) is 5.92 Å². The Morgan fingerprint density at radius 1 is 1.19 bits per heavy atom. The van der Waals surface area contributed by atoms with Gasteiger partial charge in [0.25, 0.3) is 0 Å². The summed E-state index contributed by atoms with van der Waals surface area (Å²) in [5.74, 6) is 4.84. The number of benzene rings is 1. The summed E-state index contributed by atoms with van der Waals surface area (Å²) in [6.07, 6.45) is 1.28. The number of hydrogen-bond acceptors (Lipinski definition) is 2. The van der Waals surface area contributed by atoms with Crippen molar-refractivity contribution in [3.8, 4) is 0 Å². The molecule has 1 rings (SSSR count). The van der Waals surface area contributed by atoms with E-state index in [1.807, 2.05) is 0 Å². The first-order valence-electron chi connectivity index (χ1n) is 6.01. The first kappa shape index (κ1) is 14.0. The number of thioether (sulfide) groups is 1. The minimum absolute atomic E-state index is 0.596. The maximum atomic E-state index is 4.46. The molecule has 0 bridgehead atoms. The van der Waals surface area contributed by atoms with Crippen LogP contribution in [0.3, 0.4) is 0 Å². The fraction of sp³-hybridized carbons (Fsp3) is 0.571. The summed E-state index contributed by atoms with van der Waals surface area (Å²) in [5.41, 5.74) is 1.43. The lowest BCUT2D eigenvalue weighted by molar-refractivity contribution is 0.636. The molecule has 1 aromatic carbocycles. The van der Waals surface area contributed by atoms with E-state index in [-0.39, 0.29) is 0 Å². The van der Waals surface area contributed by atoms with E-state index in [1.165, 1.54) is 23.5 Å². The maximum absolute atomic E-state index is 4.46. The van der Waals surface area contributed by atoms with Gasteiger partial charge in [0, 0.05) is 11.7 Å². The Hall–Kier alpha value is -0.0800.